The number of carbonyl (C=O) groups is 1. The molecule has 2 aromatic rings. The number of hydroxylamine groups is 1. The SMILES string of the molecule is Cc1ccc(NS(=O)(=O)c2cccc(Cl)c2Cl)c(=O)n1CC(=O)NCCONC(=N)N. The lowest BCUT2D eigenvalue weighted by molar-refractivity contribution is -0.122. The number of benzene rings is 1. The summed E-state index contributed by atoms with van der Waals surface area (Å²) in [7, 11) is -4.21. The second-order valence-electron chi connectivity index (χ2n) is 6.15. The molecule has 0 atom stereocenters. The van der Waals surface area contributed by atoms with Crippen LogP contribution in [-0.2, 0) is 26.2 Å². The van der Waals surface area contributed by atoms with Crippen molar-refractivity contribution in [3.05, 3.63) is 56.4 Å². The van der Waals surface area contributed by atoms with Gasteiger partial charge in [0.1, 0.15) is 17.1 Å². The Hall–Kier alpha value is -2.80. The van der Waals surface area contributed by atoms with E-state index in [0.29, 0.717) is 5.69 Å². The predicted molar refractivity (Wildman–Crippen MR) is 117 cm³/mol. The number of guanidine groups is 1. The molecule has 0 unspecified atom stereocenters. The molecule has 11 nitrogen and oxygen atoms in total. The van der Waals surface area contributed by atoms with E-state index >= 15 is 0 Å². The molecule has 14 heteroatoms. The van der Waals surface area contributed by atoms with Gasteiger partial charge in [0.25, 0.3) is 15.6 Å². The van der Waals surface area contributed by atoms with Crippen LogP contribution in [0.2, 0.25) is 10.0 Å². The molecule has 2 rings (SSSR count). The zero-order valence-corrected chi connectivity index (χ0v) is 18.6. The van der Waals surface area contributed by atoms with Crippen LogP contribution in [0.3, 0.4) is 0 Å². The van der Waals surface area contributed by atoms with E-state index in [-0.39, 0.29) is 46.3 Å². The number of nitrogens with two attached hydrogens (primary N) is 1. The molecule has 0 fully saturated rings. The first-order valence-electron chi connectivity index (χ1n) is 8.68. The van der Waals surface area contributed by atoms with Gasteiger partial charge in [0.15, 0.2) is 0 Å². The molecule has 1 aromatic heterocycles. The number of sulfonamides is 1. The molecule has 168 valence electrons. The first-order valence-corrected chi connectivity index (χ1v) is 10.9. The summed E-state index contributed by atoms with van der Waals surface area (Å²) in [5.74, 6) is -0.888. The third kappa shape index (κ3) is 6.59. The van der Waals surface area contributed by atoms with Crippen molar-refractivity contribution in [3.63, 3.8) is 0 Å². The normalized spacial score (nSPS) is 11.1. The molecule has 0 aliphatic heterocycles. The molecule has 1 aromatic carbocycles. The average Bonchev–Trinajstić information content (AvgIpc) is 2.68. The van der Waals surface area contributed by atoms with Crippen molar-refractivity contribution in [1.29, 1.82) is 5.41 Å². The predicted octanol–water partition coefficient (Wildman–Crippen LogP) is 0.795. The summed E-state index contributed by atoms with van der Waals surface area (Å²) < 4.78 is 28.6. The topological polar surface area (TPSA) is 168 Å². The Bertz CT molecular complexity index is 1150. The molecule has 31 heavy (non-hydrogen) atoms. The third-order valence-corrected chi connectivity index (χ3v) is 6.19. The third-order valence-electron chi connectivity index (χ3n) is 3.85. The number of carbonyl (C=O) groups excluding carboxylic acids is 1. The zero-order chi connectivity index (χ0) is 23.2. The highest BCUT2D eigenvalue weighted by Crippen LogP contribution is 2.29. The van der Waals surface area contributed by atoms with Gasteiger partial charge < -0.3 is 15.6 Å². The maximum absolute atomic E-state index is 12.8. The first kappa shape index (κ1) is 24.5. The van der Waals surface area contributed by atoms with E-state index in [0.717, 1.165) is 4.57 Å². The molecule has 0 saturated carbocycles. The molecule has 0 bridgehead atoms. The van der Waals surface area contributed by atoms with Crippen molar-refractivity contribution in [2.75, 3.05) is 17.9 Å². The van der Waals surface area contributed by atoms with Crippen LogP contribution in [0.1, 0.15) is 5.69 Å². The number of aromatic nitrogens is 1. The average molecular weight is 491 g/mol. The fourth-order valence-corrected chi connectivity index (χ4v) is 4.23. The van der Waals surface area contributed by atoms with Crippen LogP contribution >= 0.6 is 23.2 Å². The van der Waals surface area contributed by atoms with Gasteiger partial charge in [-0.15, -0.1) is 0 Å². The maximum atomic E-state index is 12.8. The molecule has 0 aliphatic rings. The van der Waals surface area contributed by atoms with Gasteiger partial charge in [-0.1, -0.05) is 29.3 Å². The van der Waals surface area contributed by atoms with Crippen LogP contribution in [0.25, 0.3) is 0 Å². The van der Waals surface area contributed by atoms with Gasteiger partial charge in [0.2, 0.25) is 11.9 Å². The molecule has 0 radical (unpaired) electrons. The summed E-state index contributed by atoms with van der Waals surface area (Å²) >= 11 is 11.8. The van der Waals surface area contributed by atoms with Crippen molar-refractivity contribution in [1.82, 2.24) is 15.4 Å². The lowest BCUT2D eigenvalue weighted by Crippen LogP contribution is -2.37. The minimum absolute atomic E-state index is 0.0272. The number of anilines is 1. The van der Waals surface area contributed by atoms with Crippen LogP contribution in [0.15, 0.2) is 40.0 Å². The molecule has 0 spiro atoms. The molecule has 6 N–H and O–H groups in total. The number of pyridine rings is 1. The summed E-state index contributed by atoms with van der Waals surface area (Å²) in [6, 6.07) is 6.88. The van der Waals surface area contributed by atoms with Gasteiger partial charge in [0, 0.05) is 12.2 Å². The number of nitrogens with zero attached hydrogens (tertiary/aromatic N) is 1. The van der Waals surface area contributed by atoms with E-state index in [4.69, 9.17) is 39.2 Å². The molecular weight excluding hydrogens is 471 g/mol. The Labute approximate surface area is 188 Å². The number of hydrogen-bond donors (Lipinski definition) is 5. The van der Waals surface area contributed by atoms with E-state index in [2.05, 4.69) is 15.5 Å². The Morgan fingerprint density at radius 2 is 1.97 bits per heavy atom. The molecule has 1 amide bonds. The monoisotopic (exact) mass is 490 g/mol. The highest BCUT2D eigenvalue weighted by atomic mass is 35.5. The number of nitrogens with one attached hydrogen (secondary N) is 4. The van der Waals surface area contributed by atoms with Crippen molar-refractivity contribution in [3.8, 4) is 0 Å². The summed E-state index contributed by atoms with van der Waals surface area (Å²) in [4.78, 5) is 29.4. The standard InChI is InChI=1S/C17H20Cl2N6O5S/c1-10-5-6-12(24-31(28,29)13-4-2-3-11(18)15(13)19)16(27)25(10)9-14(26)22-7-8-30-23-17(20)21/h2-6,24H,7-9H2,1H3,(H,22,26)(H4,20,21,23). The van der Waals surface area contributed by atoms with Crippen molar-refractivity contribution in [2.24, 2.45) is 5.73 Å². The van der Waals surface area contributed by atoms with Crippen molar-refractivity contribution < 1.29 is 18.0 Å². The summed E-state index contributed by atoms with van der Waals surface area (Å²) in [6.45, 7) is 1.37. The summed E-state index contributed by atoms with van der Waals surface area (Å²) in [6.07, 6.45) is 0. The smallest absolute Gasteiger partial charge is 0.275 e. The first-order chi connectivity index (χ1) is 14.5. The van der Waals surface area contributed by atoms with Crippen LogP contribution in [0.5, 0.6) is 0 Å². The zero-order valence-electron chi connectivity index (χ0n) is 16.2. The van der Waals surface area contributed by atoms with Crippen LogP contribution in [-0.4, -0.2) is 38.0 Å². The highest BCUT2D eigenvalue weighted by Gasteiger charge is 2.22. The number of hydrogen-bond acceptors (Lipinski definition) is 6. The summed E-state index contributed by atoms with van der Waals surface area (Å²) in [5, 5.41) is 9.31. The van der Waals surface area contributed by atoms with Gasteiger partial charge in [-0.25, -0.2) is 13.9 Å². The second kappa shape index (κ2) is 10.5. The summed E-state index contributed by atoms with van der Waals surface area (Å²) in [5.41, 5.74) is 6.61. The fraction of sp³-hybridized carbons (Fsp3) is 0.235. The molecular formula is C17H20Cl2N6O5S. The lowest BCUT2D eigenvalue weighted by atomic mass is 10.3. The minimum Gasteiger partial charge on any atom is -0.368 e. The Kier molecular flexibility index (Phi) is 8.28. The number of amides is 1. The highest BCUT2D eigenvalue weighted by molar-refractivity contribution is 7.92. The van der Waals surface area contributed by atoms with E-state index in [1.54, 1.807) is 6.92 Å². The Morgan fingerprint density at radius 3 is 2.65 bits per heavy atom. The van der Waals surface area contributed by atoms with Gasteiger partial charge in [-0.05, 0) is 31.2 Å². The number of rotatable bonds is 9. The Balaban J connectivity index is 2.15. The van der Waals surface area contributed by atoms with E-state index in [1.807, 2.05) is 0 Å². The molecule has 0 aliphatic carbocycles. The van der Waals surface area contributed by atoms with E-state index < -0.39 is 21.5 Å². The number of aryl methyl sites for hydroxylation is 1. The second-order valence-corrected chi connectivity index (χ2v) is 8.59. The van der Waals surface area contributed by atoms with E-state index in [9.17, 15) is 18.0 Å². The number of halogens is 2. The Morgan fingerprint density at radius 1 is 1.26 bits per heavy atom. The van der Waals surface area contributed by atoms with Crippen LogP contribution in [0, 0.1) is 12.3 Å². The van der Waals surface area contributed by atoms with Crippen molar-refractivity contribution >= 4 is 50.8 Å². The van der Waals surface area contributed by atoms with Gasteiger partial charge in [-0.3, -0.25) is 24.6 Å². The quantitative estimate of drug-likeness (QED) is 0.150. The minimum atomic E-state index is -4.21. The van der Waals surface area contributed by atoms with E-state index in [1.165, 1.54) is 30.3 Å². The molecule has 0 saturated heterocycles. The van der Waals surface area contributed by atoms with Gasteiger partial charge >= 0.3 is 0 Å². The van der Waals surface area contributed by atoms with Gasteiger partial charge in [-0.2, -0.15) is 0 Å². The van der Waals surface area contributed by atoms with Gasteiger partial charge in [0.05, 0.1) is 16.7 Å². The maximum Gasteiger partial charge on any atom is 0.275 e. The lowest BCUT2D eigenvalue weighted by Gasteiger charge is -2.14. The fourth-order valence-electron chi connectivity index (χ4n) is 2.41. The van der Waals surface area contributed by atoms with Crippen molar-refractivity contribution in [2.45, 2.75) is 18.4 Å². The molecule has 1 heterocycles. The van der Waals surface area contributed by atoms with Crippen LogP contribution in [0.4, 0.5) is 5.69 Å². The largest absolute Gasteiger partial charge is 0.368 e. The van der Waals surface area contributed by atoms with Crippen LogP contribution < -0.4 is 26.8 Å².